The molecule has 0 saturated carbocycles. The SMILES string of the molecule is Cc1ccc(C(CC(O)CCc2ccccc2)Nc2ccc(C(=O)O)cc2)cc1. The number of anilines is 1. The van der Waals surface area contributed by atoms with Crippen molar-refractivity contribution in [2.45, 2.75) is 38.3 Å². The molecule has 3 aromatic carbocycles. The smallest absolute Gasteiger partial charge is 0.335 e. The van der Waals surface area contributed by atoms with E-state index in [1.54, 1.807) is 24.3 Å². The van der Waals surface area contributed by atoms with E-state index in [0.717, 1.165) is 17.7 Å². The van der Waals surface area contributed by atoms with E-state index in [-0.39, 0.29) is 11.6 Å². The molecule has 0 heterocycles. The third-order valence-electron chi connectivity index (χ3n) is 5.07. The molecule has 0 fully saturated rings. The maximum absolute atomic E-state index is 11.1. The van der Waals surface area contributed by atoms with Gasteiger partial charge in [-0.15, -0.1) is 0 Å². The molecule has 0 bridgehead atoms. The standard InChI is InChI=1S/C25H27NO3/c1-18-7-10-20(11-8-18)24(26-22-14-12-21(13-15-22)25(28)29)17-23(27)16-9-19-5-3-2-4-6-19/h2-8,10-15,23-24,26-27H,9,16-17H2,1H3,(H,28,29). The molecule has 0 radical (unpaired) electrons. The lowest BCUT2D eigenvalue weighted by Crippen LogP contribution is -2.19. The Morgan fingerprint density at radius 3 is 2.21 bits per heavy atom. The molecular formula is C25H27NO3. The van der Waals surface area contributed by atoms with Gasteiger partial charge in [0, 0.05) is 5.69 Å². The van der Waals surface area contributed by atoms with Gasteiger partial charge in [0.2, 0.25) is 0 Å². The zero-order valence-corrected chi connectivity index (χ0v) is 16.6. The fourth-order valence-electron chi connectivity index (χ4n) is 3.36. The number of hydrogen-bond donors (Lipinski definition) is 3. The van der Waals surface area contributed by atoms with Crippen LogP contribution in [-0.4, -0.2) is 22.3 Å². The van der Waals surface area contributed by atoms with E-state index in [0.29, 0.717) is 12.8 Å². The third-order valence-corrected chi connectivity index (χ3v) is 5.07. The van der Waals surface area contributed by atoms with Gasteiger partial charge in [-0.05, 0) is 61.6 Å². The van der Waals surface area contributed by atoms with Gasteiger partial charge >= 0.3 is 5.97 Å². The Kier molecular flexibility index (Phi) is 7.04. The van der Waals surface area contributed by atoms with Crippen LogP contribution < -0.4 is 5.32 Å². The molecule has 0 spiro atoms. The number of carboxylic acid groups (broad SMARTS) is 1. The van der Waals surface area contributed by atoms with E-state index >= 15 is 0 Å². The molecule has 2 atom stereocenters. The van der Waals surface area contributed by atoms with Crippen molar-refractivity contribution < 1.29 is 15.0 Å². The summed E-state index contributed by atoms with van der Waals surface area (Å²) in [6, 6.07) is 25.1. The molecule has 0 aromatic heterocycles. The lowest BCUT2D eigenvalue weighted by molar-refractivity contribution is 0.0697. The molecule has 3 rings (SSSR count). The maximum Gasteiger partial charge on any atom is 0.335 e. The highest BCUT2D eigenvalue weighted by atomic mass is 16.4. The first kappa shape index (κ1) is 20.6. The van der Waals surface area contributed by atoms with Crippen LogP contribution in [0.15, 0.2) is 78.9 Å². The number of benzene rings is 3. The quantitative estimate of drug-likeness (QED) is 0.469. The summed E-state index contributed by atoms with van der Waals surface area (Å²) >= 11 is 0. The second-order valence-corrected chi connectivity index (χ2v) is 7.40. The number of nitrogens with one attached hydrogen (secondary N) is 1. The highest BCUT2D eigenvalue weighted by molar-refractivity contribution is 5.88. The number of aliphatic hydroxyl groups excluding tert-OH is 1. The molecule has 3 N–H and O–H groups in total. The Morgan fingerprint density at radius 1 is 0.931 bits per heavy atom. The van der Waals surface area contributed by atoms with Crippen molar-refractivity contribution in [3.05, 3.63) is 101 Å². The molecule has 0 aliphatic heterocycles. The zero-order valence-electron chi connectivity index (χ0n) is 16.6. The van der Waals surface area contributed by atoms with E-state index in [1.807, 2.05) is 25.1 Å². The van der Waals surface area contributed by atoms with Gasteiger partial charge in [0.15, 0.2) is 0 Å². The van der Waals surface area contributed by atoms with E-state index < -0.39 is 12.1 Å². The van der Waals surface area contributed by atoms with Crippen LogP contribution in [0.1, 0.15) is 45.9 Å². The van der Waals surface area contributed by atoms with Gasteiger partial charge in [0.25, 0.3) is 0 Å². The Labute approximate surface area is 171 Å². The summed E-state index contributed by atoms with van der Waals surface area (Å²) in [5, 5.41) is 23.2. The first-order valence-corrected chi connectivity index (χ1v) is 9.89. The van der Waals surface area contributed by atoms with Crippen molar-refractivity contribution >= 4 is 11.7 Å². The van der Waals surface area contributed by atoms with Crippen molar-refractivity contribution in [3.63, 3.8) is 0 Å². The number of aryl methyl sites for hydroxylation is 2. The number of aromatic carboxylic acids is 1. The van der Waals surface area contributed by atoms with Gasteiger partial charge in [-0.25, -0.2) is 4.79 Å². The lowest BCUT2D eigenvalue weighted by Gasteiger charge is -2.24. The normalized spacial score (nSPS) is 12.9. The van der Waals surface area contributed by atoms with E-state index in [9.17, 15) is 9.90 Å². The van der Waals surface area contributed by atoms with Gasteiger partial charge < -0.3 is 15.5 Å². The topological polar surface area (TPSA) is 69.6 Å². The second-order valence-electron chi connectivity index (χ2n) is 7.40. The van der Waals surface area contributed by atoms with Gasteiger partial charge in [0.1, 0.15) is 0 Å². The Bertz CT molecular complexity index is 905. The highest BCUT2D eigenvalue weighted by Gasteiger charge is 2.17. The van der Waals surface area contributed by atoms with Crippen LogP contribution in [0.3, 0.4) is 0 Å². The first-order valence-electron chi connectivity index (χ1n) is 9.89. The average molecular weight is 389 g/mol. The van der Waals surface area contributed by atoms with Crippen LogP contribution in [0.4, 0.5) is 5.69 Å². The van der Waals surface area contributed by atoms with Crippen LogP contribution in [0.2, 0.25) is 0 Å². The number of rotatable bonds is 9. The number of hydrogen-bond acceptors (Lipinski definition) is 3. The molecule has 29 heavy (non-hydrogen) atoms. The molecule has 3 aromatic rings. The summed E-state index contributed by atoms with van der Waals surface area (Å²) in [5.74, 6) is -0.942. The molecule has 150 valence electrons. The highest BCUT2D eigenvalue weighted by Crippen LogP contribution is 2.26. The summed E-state index contributed by atoms with van der Waals surface area (Å²) < 4.78 is 0. The van der Waals surface area contributed by atoms with Crippen molar-refractivity contribution in [1.82, 2.24) is 0 Å². The minimum absolute atomic E-state index is 0.0722. The minimum atomic E-state index is -0.942. The van der Waals surface area contributed by atoms with Crippen molar-refractivity contribution in [3.8, 4) is 0 Å². The molecule has 0 amide bonds. The van der Waals surface area contributed by atoms with Crippen LogP contribution >= 0.6 is 0 Å². The Hall–Kier alpha value is -3.11. The fourth-order valence-corrected chi connectivity index (χ4v) is 3.36. The zero-order chi connectivity index (χ0) is 20.6. The van der Waals surface area contributed by atoms with E-state index in [4.69, 9.17) is 5.11 Å². The Balaban J connectivity index is 1.70. The molecule has 4 heteroatoms. The maximum atomic E-state index is 11.1. The van der Waals surface area contributed by atoms with Crippen molar-refractivity contribution in [1.29, 1.82) is 0 Å². The van der Waals surface area contributed by atoms with Crippen molar-refractivity contribution in [2.24, 2.45) is 0 Å². The van der Waals surface area contributed by atoms with Gasteiger partial charge in [-0.1, -0.05) is 60.2 Å². The van der Waals surface area contributed by atoms with Crippen LogP contribution in [0, 0.1) is 6.92 Å². The van der Waals surface area contributed by atoms with Crippen LogP contribution in [0.25, 0.3) is 0 Å². The lowest BCUT2D eigenvalue weighted by atomic mass is 9.96. The number of carboxylic acids is 1. The summed E-state index contributed by atoms with van der Waals surface area (Å²) in [6.45, 7) is 2.05. The predicted molar refractivity (Wildman–Crippen MR) is 116 cm³/mol. The minimum Gasteiger partial charge on any atom is -0.478 e. The number of carbonyl (C=O) groups is 1. The summed E-state index contributed by atoms with van der Waals surface area (Å²) in [6.07, 6.45) is 1.63. The van der Waals surface area contributed by atoms with E-state index in [2.05, 4.69) is 41.7 Å². The van der Waals surface area contributed by atoms with Crippen LogP contribution in [-0.2, 0) is 6.42 Å². The third kappa shape index (κ3) is 6.19. The molecule has 0 aliphatic carbocycles. The van der Waals surface area contributed by atoms with Gasteiger partial charge in [-0.2, -0.15) is 0 Å². The molecule has 4 nitrogen and oxygen atoms in total. The molecule has 2 unspecified atom stereocenters. The monoisotopic (exact) mass is 389 g/mol. The van der Waals surface area contributed by atoms with E-state index in [1.165, 1.54) is 11.1 Å². The van der Waals surface area contributed by atoms with Crippen molar-refractivity contribution in [2.75, 3.05) is 5.32 Å². The largest absolute Gasteiger partial charge is 0.478 e. The summed E-state index contributed by atoms with van der Waals surface area (Å²) in [5.41, 5.74) is 4.58. The summed E-state index contributed by atoms with van der Waals surface area (Å²) in [4.78, 5) is 11.1. The molecule has 0 saturated heterocycles. The molecule has 0 aliphatic rings. The summed E-state index contributed by atoms with van der Waals surface area (Å²) in [7, 11) is 0. The fraction of sp³-hybridized carbons (Fsp3) is 0.240. The van der Waals surface area contributed by atoms with Gasteiger partial charge in [-0.3, -0.25) is 0 Å². The number of aliphatic hydroxyl groups is 1. The van der Waals surface area contributed by atoms with Crippen LogP contribution in [0.5, 0.6) is 0 Å². The average Bonchev–Trinajstić information content (AvgIpc) is 2.73. The first-order chi connectivity index (χ1) is 14.0. The predicted octanol–water partition coefficient (Wildman–Crippen LogP) is 5.23. The molecular weight excluding hydrogens is 362 g/mol. The Morgan fingerprint density at radius 2 is 1.59 bits per heavy atom. The van der Waals surface area contributed by atoms with Gasteiger partial charge in [0.05, 0.1) is 17.7 Å². The second kappa shape index (κ2) is 9.89.